The van der Waals surface area contributed by atoms with Crippen LogP contribution in [0.4, 0.5) is 0 Å². The number of pyridine rings is 1. The lowest BCUT2D eigenvalue weighted by atomic mass is 9.93. The summed E-state index contributed by atoms with van der Waals surface area (Å²) in [5.41, 5.74) is 1.07. The van der Waals surface area contributed by atoms with E-state index in [0.717, 1.165) is 31.6 Å². The number of halogens is 1. The van der Waals surface area contributed by atoms with Crippen molar-refractivity contribution in [2.24, 2.45) is 9.98 Å². The minimum atomic E-state index is -3.40. The van der Waals surface area contributed by atoms with Gasteiger partial charge in [0, 0.05) is 37.1 Å². The number of piperidine rings is 1. The minimum absolute atomic E-state index is 0.0501. The SMILES string of the molecule is CC1(S(=O)(=O)CC=CN2CCC(c3ccc(Cl)cn3)CC2)C=NC=N1. The van der Waals surface area contributed by atoms with E-state index in [-0.39, 0.29) is 5.75 Å². The first-order valence-electron chi connectivity index (χ1n) is 8.22. The second-order valence-electron chi connectivity index (χ2n) is 6.46. The van der Waals surface area contributed by atoms with Gasteiger partial charge in [-0.1, -0.05) is 17.7 Å². The summed E-state index contributed by atoms with van der Waals surface area (Å²) in [5, 5.41) is 0.649. The second kappa shape index (κ2) is 7.25. The molecule has 0 saturated carbocycles. The first-order valence-corrected chi connectivity index (χ1v) is 10.3. The van der Waals surface area contributed by atoms with E-state index in [1.807, 2.05) is 18.3 Å². The van der Waals surface area contributed by atoms with Gasteiger partial charge >= 0.3 is 0 Å². The molecule has 1 aromatic heterocycles. The fourth-order valence-electron chi connectivity index (χ4n) is 2.97. The standard InChI is InChI=1S/C17H21ClN4O2S/c1-17(12-19-13-21-17)25(23,24)10-2-7-22-8-5-14(6-9-22)16-4-3-15(18)11-20-16/h2-4,7,11-14H,5-6,8-10H2,1H3. The van der Waals surface area contributed by atoms with Gasteiger partial charge in [-0.25, -0.2) is 18.4 Å². The van der Waals surface area contributed by atoms with Crippen LogP contribution < -0.4 is 0 Å². The van der Waals surface area contributed by atoms with Crippen molar-refractivity contribution in [3.05, 3.63) is 41.3 Å². The first-order chi connectivity index (χ1) is 11.9. The number of sulfone groups is 1. The Morgan fingerprint density at radius 1 is 1.36 bits per heavy atom. The predicted octanol–water partition coefficient (Wildman–Crippen LogP) is 2.67. The van der Waals surface area contributed by atoms with Crippen LogP contribution in [0.2, 0.25) is 5.02 Å². The number of hydrogen-bond acceptors (Lipinski definition) is 6. The lowest BCUT2D eigenvalue weighted by Crippen LogP contribution is -2.35. The van der Waals surface area contributed by atoms with Gasteiger partial charge in [-0.2, -0.15) is 0 Å². The number of rotatable bonds is 5. The fourth-order valence-corrected chi connectivity index (χ4v) is 4.19. The topological polar surface area (TPSA) is 75.0 Å². The lowest BCUT2D eigenvalue weighted by molar-refractivity contribution is 0.281. The molecule has 0 bridgehead atoms. The van der Waals surface area contributed by atoms with Crippen molar-refractivity contribution in [2.75, 3.05) is 18.8 Å². The summed E-state index contributed by atoms with van der Waals surface area (Å²) < 4.78 is 24.7. The zero-order valence-electron chi connectivity index (χ0n) is 14.0. The number of aliphatic imine (C=N–C) groups is 2. The van der Waals surface area contributed by atoms with Crippen LogP contribution in [0, 0.1) is 0 Å². The van der Waals surface area contributed by atoms with E-state index in [1.54, 1.807) is 19.2 Å². The van der Waals surface area contributed by atoms with E-state index in [2.05, 4.69) is 19.9 Å². The molecule has 25 heavy (non-hydrogen) atoms. The van der Waals surface area contributed by atoms with E-state index in [9.17, 15) is 8.42 Å². The normalized spacial score (nSPS) is 24.5. The van der Waals surface area contributed by atoms with Crippen molar-refractivity contribution >= 4 is 34.0 Å². The molecule has 1 atom stereocenters. The largest absolute Gasteiger partial charge is 0.378 e. The Kier molecular flexibility index (Phi) is 5.24. The van der Waals surface area contributed by atoms with Crippen molar-refractivity contribution < 1.29 is 8.42 Å². The van der Waals surface area contributed by atoms with Crippen molar-refractivity contribution in [2.45, 2.75) is 30.6 Å². The van der Waals surface area contributed by atoms with E-state index in [0.29, 0.717) is 10.9 Å². The number of aromatic nitrogens is 1. The molecule has 0 aromatic carbocycles. The summed E-state index contributed by atoms with van der Waals surface area (Å²) in [4.78, 5) is 13.1. The Balaban J connectivity index is 1.52. The lowest BCUT2D eigenvalue weighted by Gasteiger charge is -2.30. The van der Waals surface area contributed by atoms with Gasteiger partial charge in [-0.15, -0.1) is 0 Å². The fraction of sp³-hybridized carbons (Fsp3) is 0.471. The van der Waals surface area contributed by atoms with Crippen molar-refractivity contribution in [1.29, 1.82) is 0 Å². The van der Waals surface area contributed by atoms with Crippen LogP contribution in [0.1, 0.15) is 31.4 Å². The average Bonchev–Trinajstić information content (AvgIpc) is 3.05. The Morgan fingerprint density at radius 2 is 2.12 bits per heavy atom. The van der Waals surface area contributed by atoms with E-state index in [1.165, 1.54) is 12.6 Å². The van der Waals surface area contributed by atoms with E-state index < -0.39 is 14.7 Å². The number of likely N-dealkylation sites (tertiary alicyclic amines) is 1. The maximum Gasteiger partial charge on any atom is 0.195 e. The monoisotopic (exact) mass is 380 g/mol. The molecule has 0 radical (unpaired) electrons. The molecule has 1 unspecified atom stereocenters. The van der Waals surface area contributed by atoms with Crippen LogP contribution >= 0.6 is 11.6 Å². The summed E-state index contributed by atoms with van der Waals surface area (Å²) in [6.07, 6.45) is 9.90. The molecule has 2 aliphatic rings. The molecule has 1 fully saturated rings. The third-order valence-corrected chi connectivity index (χ3v) is 6.98. The molecule has 1 aromatic rings. The highest BCUT2D eigenvalue weighted by Gasteiger charge is 2.37. The van der Waals surface area contributed by atoms with Crippen LogP contribution in [0.3, 0.4) is 0 Å². The maximum absolute atomic E-state index is 12.4. The van der Waals surface area contributed by atoms with Crippen molar-refractivity contribution in [3.63, 3.8) is 0 Å². The average molecular weight is 381 g/mol. The van der Waals surface area contributed by atoms with Gasteiger partial charge in [0.25, 0.3) is 0 Å². The van der Waals surface area contributed by atoms with Gasteiger partial charge in [0.1, 0.15) is 6.34 Å². The Labute approximate surface area is 153 Å². The summed E-state index contributed by atoms with van der Waals surface area (Å²) in [6.45, 7) is 3.32. The summed E-state index contributed by atoms with van der Waals surface area (Å²) >= 11 is 5.88. The molecular weight excluding hydrogens is 360 g/mol. The third kappa shape index (κ3) is 4.10. The maximum atomic E-state index is 12.4. The molecule has 8 heteroatoms. The van der Waals surface area contributed by atoms with Gasteiger partial charge in [0.2, 0.25) is 0 Å². The Hall–Kier alpha value is -1.73. The molecule has 1 saturated heterocycles. The molecule has 3 rings (SSSR count). The van der Waals surface area contributed by atoms with Crippen LogP contribution in [0.15, 0.2) is 40.6 Å². The highest BCUT2D eigenvalue weighted by molar-refractivity contribution is 7.93. The third-order valence-electron chi connectivity index (χ3n) is 4.65. The zero-order chi connectivity index (χ0) is 17.9. The highest BCUT2D eigenvalue weighted by atomic mass is 35.5. The molecule has 3 heterocycles. The van der Waals surface area contributed by atoms with Crippen LogP contribution in [0.5, 0.6) is 0 Å². The molecule has 0 aliphatic carbocycles. The molecule has 134 valence electrons. The number of hydrogen-bond donors (Lipinski definition) is 0. The first kappa shape index (κ1) is 18.1. The molecule has 2 aliphatic heterocycles. The molecule has 0 N–H and O–H groups in total. The van der Waals surface area contributed by atoms with Crippen molar-refractivity contribution in [3.8, 4) is 0 Å². The predicted molar refractivity (Wildman–Crippen MR) is 101 cm³/mol. The minimum Gasteiger partial charge on any atom is -0.378 e. The molecule has 0 amide bonds. The highest BCUT2D eigenvalue weighted by Crippen LogP contribution is 2.27. The molecule has 0 spiro atoms. The second-order valence-corrected chi connectivity index (χ2v) is 9.28. The number of nitrogens with zero attached hydrogens (tertiary/aromatic N) is 4. The quantitative estimate of drug-likeness (QED) is 0.787. The van der Waals surface area contributed by atoms with Crippen molar-refractivity contribution in [1.82, 2.24) is 9.88 Å². The smallest absolute Gasteiger partial charge is 0.195 e. The van der Waals surface area contributed by atoms with Crippen LogP contribution in [0.25, 0.3) is 0 Å². The summed E-state index contributed by atoms with van der Waals surface area (Å²) in [6, 6.07) is 3.85. The van der Waals surface area contributed by atoms with Gasteiger partial charge < -0.3 is 4.90 Å². The van der Waals surface area contributed by atoms with Crippen LogP contribution in [-0.4, -0.2) is 54.6 Å². The zero-order valence-corrected chi connectivity index (χ0v) is 15.6. The van der Waals surface area contributed by atoms with Gasteiger partial charge in [-0.3, -0.25) is 4.98 Å². The van der Waals surface area contributed by atoms with Gasteiger partial charge in [0.05, 0.1) is 10.8 Å². The Bertz CT molecular complexity index is 782. The van der Waals surface area contributed by atoms with E-state index in [4.69, 9.17) is 11.6 Å². The summed E-state index contributed by atoms with van der Waals surface area (Å²) in [5.74, 6) is 0.375. The Morgan fingerprint density at radius 3 is 2.72 bits per heavy atom. The molecular formula is C17H21ClN4O2S. The summed E-state index contributed by atoms with van der Waals surface area (Å²) in [7, 11) is -3.40. The molecule has 6 nitrogen and oxygen atoms in total. The van der Waals surface area contributed by atoms with Crippen LogP contribution in [-0.2, 0) is 9.84 Å². The van der Waals surface area contributed by atoms with E-state index >= 15 is 0 Å². The van der Waals surface area contributed by atoms with Gasteiger partial charge in [0.15, 0.2) is 14.7 Å². The van der Waals surface area contributed by atoms with Gasteiger partial charge in [-0.05, 0) is 38.1 Å².